The summed E-state index contributed by atoms with van der Waals surface area (Å²) < 4.78 is 11.2. The molecule has 2 rings (SSSR count). The lowest BCUT2D eigenvalue weighted by molar-refractivity contribution is 0.288. The van der Waals surface area contributed by atoms with Crippen molar-refractivity contribution in [1.82, 2.24) is 4.98 Å². The number of nitrogens with one attached hydrogen (secondary N) is 1. The Morgan fingerprint density at radius 2 is 1.86 bits per heavy atom. The van der Waals surface area contributed by atoms with Crippen LogP contribution in [0.3, 0.4) is 0 Å². The van der Waals surface area contributed by atoms with E-state index < -0.39 is 0 Å². The summed E-state index contributed by atoms with van der Waals surface area (Å²) in [6, 6.07) is 10.1. The molecule has 112 valence electrons. The zero-order valence-corrected chi connectivity index (χ0v) is 12.8. The van der Waals surface area contributed by atoms with E-state index in [9.17, 15) is 0 Å². The molecule has 0 aliphatic heterocycles. The topological polar surface area (TPSA) is 43.4 Å². The Balaban J connectivity index is 2.14. The summed E-state index contributed by atoms with van der Waals surface area (Å²) >= 11 is 0. The van der Waals surface area contributed by atoms with Crippen LogP contribution in [0.1, 0.15) is 32.4 Å². The second-order valence-corrected chi connectivity index (χ2v) is 4.68. The zero-order chi connectivity index (χ0) is 15.1. The summed E-state index contributed by atoms with van der Waals surface area (Å²) in [5.41, 5.74) is 2.14. The van der Waals surface area contributed by atoms with Gasteiger partial charge in [0.25, 0.3) is 0 Å². The van der Waals surface area contributed by atoms with Gasteiger partial charge in [-0.25, -0.2) is 0 Å². The molecule has 0 bridgehead atoms. The highest BCUT2D eigenvalue weighted by Gasteiger charge is 2.09. The van der Waals surface area contributed by atoms with Crippen molar-refractivity contribution in [3.05, 3.63) is 48.3 Å². The SMILES string of the molecule is CCOc1ccc(NC(C)c2cccnc2)cc1OCC. The molecule has 0 saturated carbocycles. The van der Waals surface area contributed by atoms with Crippen LogP contribution in [0.2, 0.25) is 0 Å². The molecule has 1 aromatic carbocycles. The molecule has 1 heterocycles. The van der Waals surface area contributed by atoms with Crippen molar-refractivity contribution >= 4 is 5.69 Å². The van der Waals surface area contributed by atoms with Gasteiger partial charge in [0.1, 0.15) is 0 Å². The van der Waals surface area contributed by atoms with Crippen LogP contribution >= 0.6 is 0 Å². The number of aromatic nitrogens is 1. The Labute approximate surface area is 126 Å². The molecular weight excluding hydrogens is 264 g/mol. The average Bonchev–Trinajstić information content (AvgIpc) is 2.51. The van der Waals surface area contributed by atoms with Crippen molar-refractivity contribution < 1.29 is 9.47 Å². The van der Waals surface area contributed by atoms with Gasteiger partial charge in [-0.1, -0.05) is 6.07 Å². The second-order valence-electron chi connectivity index (χ2n) is 4.68. The fourth-order valence-electron chi connectivity index (χ4n) is 2.11. The third-order valence-corrected chi connectivity index (χ3v) is 3.11. The van der Waals surface area contributed by atoms with Crippen LogP contribution < -0.4 is 14.8 Å². The third kappa shape index (κ3) is 4.12. The number of pyridine rings is 1. The molecule has 0 saturated heterocycles. The molecule has 1 N–H and O–H groups in total. The highest BCUT2D eigenvalue weighted by atomic mass is 16.5. The number of ether oxygens (including phenoxy) is 2. The van der Waals surface area contributed by atoms with Gasteiger partial charge < -0.3 is 14.8 Å². The maximum Gasteiger partial charge on any atom is 0.163 e. The first-order valence-corrected chi connectivity index (χ1v) is 7.30. The van der Waals surface area contributed by atoms with Gasteiger partial charge in [-0.05, 0) is 44.5 Å². The standard InChI is InChI=1S/C17H22N2O2/c1-4-20-16-9-8-15(11-17(16)21-5-2)19-13(3)14-7-6-10-18-12-14/h6-13,19H,4-5H2,1-3H3. The first-order chi connectivity index (χ1) is 10.2. The van der Waals surface area contributed by atoms with Crippen molar-refractivity contribution in [1.29, 1.82) is 0 Å². The summed E-state index contributed by atoms with van der Waals surface area (Å²) in [6.45, 7) is 7.27. The fraction of sp³-hybridized carbons (Fsp3) is 0.353. The largest absolute Gasteiger partial charge is 0.490 e. The van der Waals surface area contributed by atoms with Crippen molar-refractivity contribution in [2.45, 2.75) is 26.8 Å². The minimum Gasteiger partial charge on any atom is -0.490 e. The first-order valence-electron chi connectivity index (χ1n) is 7.30. The van der Waals surface area contributed by atoms with Gasteiger partial charge in [-0.3, -0.25) is 4.98 Å². The molecule has 2 aromatic rings. The predicted molar refractivity (Wildman–Crippen MR) is 85.1 cm³/mol. The van der Waals surface area contributed by atoms with E-state index in [0.717, 1.165) is 22.7 Å². The minimum absolute atomic E-state index is 0.172. The molecule has 21 heavy (non-hydrogen) atoms. The molecule has 4 nitrogen and oxygen atoms in total. The smallest absolute Gasteiger partial charge is 0.163 e. The van der Waals surface area contributed by atoms with Crippen LogP contribution in [0.5, 0.6) is 11.5 Å². The summed E-state index contributed by atoms with van der Waals surface area (Å²) in [7, 11) is 0. The molecule has 1 unspecified atom stereocenters. The highest BCUT2D eigenvalue weighted by Crippen LogP contribution is 2.32. The van der Waals surface area contributed by atoms with Gasteiger partial charge in [-0.15, -0.1) is 0 Å². The highest BCUT2D eigenvalue weighted by molar-refractivity contribution is 5.55. The van der Waals surface area contributed by atoms with Gasteiger partial charge in [-0.2, -0.15) is 0 Å². The lowest BCUT2D eigenvalue weighted by Crippen LogP contribution is -2.07. The number of nitrogens with zero attached hydrogens (tertiary/aromatic N) is 1. The van der Waals surface area contributed by atoms with E-state index in [0.29, 0.717) is 13.2 Å². The zero-order valence-electron chi connectivity index (χ0n) is 12.8. The van der Waals surface area contributed by atoms with Gasteiger partial charge in [0.2, 0.25) is 0 Å². The summed E-state index contributed by atoms with van der Waals surface area (Å²) in [5, 5.41) is 3.45. The number of hydrogen-bond donors (Lipinski definition) is 1. The van der Waals surface area contributed by atoms with E-state index in [1.54, 1.807) is 6.20 Å². The van der Waals surface area contributed by atoms with Crippen molar-refractivity contribution in [3.8, 4) is 11.5 Å². The predicted octanol–water partition coefficient (Wildman–Crippen LogP) is 4.05. The molecule has 0 radical (unpaired) electrons. The van der Waals surface area contributed by atoms with Gasteiger partial charge >= 0.3 is 0 Å². The molecule has 1 aromatic heterocycles. The molecule has 4 heteroatoms. The number of anilines is 1. The lowest BCUT2D eigenvalue weighted by atomic mass is 10.1. The van der Waals surface area contributed by atoms with Gasteiger partial charge in [0.05, 0.1) is 19.3 Å². The van der Waals surface area contributed by atoms with Crippen molar-refractivity contribution in [2.75, 3.05) is 18.5 Å². The second kappa shape index (κ2) is 7.53. The van der Waals surface area contributed by atoms with Crippen LogP contribution in [0.25, 0.3) is 0 Å². The van der Waals surface area contributed by atoms with E-state index in [1.165, 1.54) is 0 Å². The van der Waals surface area contributed by atoms with Crippen LogP contribution in [0.15, 0.2) is 42.7 Å². The third-order valence-electron chi connectivity index (χ3n) is 3.11. The Morgan fingerprint density at radius 1 is 1.10 bits per heavy atom. The monoisotopic (exact) mass is 286 g/mol. The fourth-order valence-corrected chi connectivity index (χ4v) is 2.11. The maximum atomic E-state index is 5.64. The van der Waals surface area contributed by atoms with E-state index in [2.05, 4.69) is 23.3 Å². The van der Waals surface area contributed by atoms with Crippen LogP contribution in [0.4, 0.5) is 5.69 Å². The van der Waals surface area contributed by atoms with E-state index in [4.69, 9.17) is 9.47 Å². The molecule has 0 fully saturated rings. The molecule has 0 aliphatic rings. The number of benzene rings is 1. The van der Waals surface area contributed by atoms with Crippen molar-refractivity contribution in [3.63, 3.8) is 0 Å². The summed E-state index contributed by atoms with van der Waals surface area (Å²) in [5.74, 6) is 1.54. The average molecular weight is 286 g/mol. The Morgan fingerprint density at radius 3 is 2.52 bits per heavy atom. The Kier molecular flexibility index (Phi) is 5.43. The Hall–Kier alpha value is -2.23. The molecule has 0 aliphatic carbocycles. The number of rotatable bonds is 7. The van der Waals surface area contributed by atoms with Gasteiger partial charge in [0, 0.05) is 24.1 Å². The van der Waals surface area contributed by atoms with Crippen molar-refractivity contribution in [2.24, 2.45) is 0 Å². The van der Waals surface area contributed by atoms with E-state index in [1.807, 2.05) is 44.3 Å². The van der Waals surface area contributed by atoms with E-state index >= 15 is 0 Å². The maximum absolute atomic E-state index is 5.64. The molecule has 0 amide bonds. The first kappa shape index (κ1) is 15.2. The minimum atomic E-state index is 0.172. The normalized spacial score (nSPS) is 11.8. The lowest BCUT2D eigenvalue weighted by Gasteiger charge is -2.17. The molecule has 1 atom stereocenters. The summed E-state index contributed by atoms with van der Waals surface area (Å²) in [6.07, 6.45) is 3.65. The molecular formula is C17H22N2O2. The molecule has 0 spiro atoms. The van der Waals surface area contributed by atoms with Gasteiger partial charge in [0.15, 0.2) is 11.5 Å². The van der Waals surface area contributed by atoms with E-state index in [-0.39, 0.29) is 6.04 Å². The summed E-state index contributed by atoms with van der Waals surface area (Å²) in [4.78, 5) is 4.15. The van der Waals surface area contributed by atoms with Crippen LogP contribution in [0, 0.1) is 0 Å². The quantitative estimate of drug-likeness (QED) is 0.834. The van der Waals surface area contributed by atoms with Crippen LogP contribution in [-0.4, -0.2) is 18.2 Å². The van der Waals surface area contributed by atoms with Crippen LogP contribution in [-0.2, 0) is 0 Å². The Bertz CT molecular complexity index is 558. The number of hydrogen-bond acceptors (Lipinski definition) is 4.